The first-order valence-corrected chi connectivity index (χ1v) is 21.6. The number of hydrogen-bond acceptors (Lipinski definition) is 8. The Morgan fingerprint density at radius 1 is 0.545 bits per heavy atom. The summed E-state index contributed by atoms with van der Waals surface area (Å²) in [5.74, 6) is 8.30. The van der Waals surface area contributed by atoms with Crippen LogP contribution in [0.2, 0.25) is 0 Å². The molecule has 1 aliphatic carbocycles. The Bertz CT molecular complexity index is 2300. The van der Waals surface area contributed by atoms with Gasteiger partial charge in [-0.1, -0.05) is 121 Å². The Kier molecular flexibility index (Phi) is 22.6. The van der Waals surface area contributed by atoms with Crippen LogP contribution >= 0.6 is 0 Å². The maximum Gasteiger partial charge on any atom is 0.325 e. The monoisotopic (exact) mass is 872 g/mol. The van der Waals surface area contributed by atoms with Gasteiger partial charge in [0, 0.05) is 53.6 Å². The van der Waals surface area contributed by atoms with Gasteiger partial charge in [0.15, 0.2) is 10.8 Å². The molecule has 6 rings (SSSR count). The van der Waals surface area contributed by atoms with Crippen molar-refractivity contribution in [2.75, 3.05) is 26.4 Å². The third-order valence-electron chi connectivity index (χ3n) is 9.86. The molecule has 328 valence electrons. The molecule has 0 fully saturated rings. The number of hydrogen-bond donors (Lipinski definition) is 0. The molecule has 0 aliphatic heterocycles. The van der Waals surface area contributed by atoms with E-state index in [1.165, 1.54) is 0 Å². The van der Waals surface area contributed by atoms with Gasteiger partial charge >= 0.3 is 23.9 Å². The molecule has 0 spiro atoms. The Balaban J connectivity index is 0.000000278. The van der Waals surface area contributed by atoms with E-state index >= 15 is 0 Å². The number of benzene rings is 5. The number of ether oxygens (including phenoxy) is 4. The second-order valence-electron chi connectivity index (χ2n) is 14.6. The normalized spacial score (nSPS) is 11.4. The summed E-state index contributed by atoms with van der Waals surface area (Å²) in [4.78, 5) is 49.6. The summed E-state index contributed by atoms with van der Waals surface area (Å²) in [7, 11) is 14.0. The minimum Gasteiger partial charge on any atom is -0.465 e. The third kappa shape index (κ3) is 15.3. The first-order chi connectivity index (χ1) is 31.9. The van der Waals surface area contributed by atoms with E-state index in [0.717, 1.165) is 44.5 Å². The number of rotatable bonds is 12. The number of carbonyl (C=O) groups excluding carboxylic acids is 4. The van der Waals surface area contributed by atoms with Gasteiger partial charge in [-0.25, -0.2) is 0 Å². The van der Waals surface area contributed by atoms with Crippen molar-refractivity contribution in [3.8, 4) is 58.8 Å². The molecule has 5 aromatic rings. The molecule has 5 aromatic carbocycles. The molecule has 0 amide bonds. The van der Waals surface area contributed by atoms with E-state index in [9.17, 15) is 19.2 Å². The lowest BCUT2D eigenvalue weighted by molar-refractivity contribution is -0.173. The molecule has 12 heteroatoms. The highest BCUT2D eigenvalue weighted by molar-refractivity contribution is 7.49. The van der Waals surface area contributed by atoms with Crippen molar-refractivity contribution in [1.29, 1.82) is 0 Å². The molecule has 6 radical (unpaired) electrons. The van der Waals surface area contributed by atoms with Crippen LogP contribution in [0.4, 0.5) is 0 Å². The van der Waals surface area contributed by atoms with E-state index in [1.807, 2.05) is 97.1 Å². The van der Waals surface area contributed by atoms with Gasteiger partial charge in [-0.3, -0.25) is 19.2 Å². The predicted octanol–water partition coefficient (Wildman–Crippen LogP) is 7.94. The second kappa shape index (κ2) is 28.0. The van der Waals surface area contributed by atoms with Gasteiger partial charge in [0.25, 0.3) is 0 Å². The fourth-order valence-electron chi connectivity index (χ4n) is 6.86. The SMILES string of the molecule is C#CCC(CC#C)(C(=O)OCC)C(=O)OCC.C(#Cc1ccccc1)c1ccccc1.CCOC(=O)C1(C(=O)OCC)Cc2cc(-c3ccccc3)c(-c3ccccc3)cc2C1.[B]B([B])[B]. The largest absolute Gasteiger partial charge is 0.465 e. The van der Waals surface area contributed by atoms with E-state index in [0.29, 0.717) is 0 Å². The van der Waals surface area contributed by atoms with Crippen LogP contribution < -0.4 is 0 Å². The maximum atomic E-state index is 12.9. The van der Waals surface area contributed by atoms with E-state index in [-0.39, 0.29) is 52.1 Å². The molecule has 0 heterocycles. The van der Waals surface area contributed by atoms with Crippen molar-refractivity contribution in [2.24, 2.45) is 10.8 Å². The lowest BCUT2D eigenvalue weighted by atomic mass is 9.08. The minimum absolute atomic E-state index is 0.130. The van der Waals surface area contributed by atoms with Gasteiger partial charge in [0.05, 0.1) is 26.4 Å². The summed E-state index contributed by atoms with van der Waals surface area (Å²) in [5.41, 5.74) is 5.52. The van der Waals surface area contributed by atoms with Crippen LogP contribution in [0.1, 0.15) is 62.8 Å². The molecule has 0 saturated heterocycles. The van der Waals surface area contributed by atoms with Gasteiger partial charge in [-0.15, -0.1) is 24.7 Å². The van der Waals surface area contributed by atoms with Crippen molar-refractivity contribution in [3.05, 3.63) is 156 Å². The van der Waals surface area contributed by atoms with E-state index in [2.05, 4.69) is 83.3 Å². The van der Waals surface area contributed by atoms with E-state index < -0.39 is 41.1 Å². The lowest BCUT2D eigenvalue weighted by Gasteiger charge is -2.25. The Morgan fingerprint density at radius 3 is 1.14 bits per heavy atom. The molecule has 0 atom stereocenters. The van der Waals surface area contributed by atoms with Gasteiger partial charge < -0.3 is 18.9 Å². The van der Waals surface area contributed by atoms with Crippen molar-refractivity contribution < 1.29 is 38.1 Å². The van der Waals surface area contributed by atoms with Crippen molar-refractivity contribution in [3.63, 3.8) is 0 Å². The van der Waals surface area contributed by atoms with Gasteiger partial charge in [0.2, 0.25) is 0 Å². The molecule has 0 bridgehead atoms. The Hall–Kier alpha value is -7.08. The van der Waals surface area contributed by atoms with Gasteiger partial charge in [-0.2, -0.15) is 0 Å². The number of carbonyl (C=O) groups is 4. The van der Waals surface area contributed by atoms with Crippen LogP contribution in [0.25, 0.3) is 22.3 Å². The lowest BCUT2D eigenvalue weighted by Crippen LogP contribution is -2.43. The molecular weight excluding hydrogens is 820 g/mol. The highest BCUT2D eigenvalue weighted by Gasteiger charge is 2.53. The van der Waals surface area contributed by atoms with Crippen LogP contribution in [0, 0.1) is 47.4 Å². The zero-order chi connectivity index (χ0) is 48.4. The van der Waals surface area contributed by atoms with Crippen LogP contribution in [0.5, 0.6) is 0 Å². The molecule has 0 unspecified atom stereocenters. The molecule has 8 nitrogen and oxygen atoms in total. The standard InChI is InChI=1S/C27H26O4.C14H10.C13H16O4.B4/c1-3-30-25(28)27(26(29)31-4-2)17-21-15-23(19-11-7-5-8-12-19)24(16-22(21)18-27)20-13-9-6-10-14-20;1-3-7-13(8-4-1)11-12-14-9-5-2-6-10-14;1-5-9-13(10-6-2,11(14)16-7-3)12(15)17-8-4;1-4(2)3/h5-16H,3-4,17-18H2,1-2H3;1-10H;1-2H,7-10H2,3-4H3;. The number of fused-ring (bicyclic) bond motifs is 1. The summed E-state index contributed by atoms with van der Waals surface area (Å²) in [5, 5.41) is 0. The quantitative estimate of drug-likeness (QED) is 0.0410. The summed E-state index contributed by atoms with van der Waals surface area (Å²) >= 11 is 0. The summed E-state index contributed by atoms with van der Waals surface area (Å²) < 4.78 is 20.3. The predicted molar refractivity (Wildman–Crippen MR) is 265 cm³/mol. The minimum atomic E-state index is -1.57. The number of esters is 4. The number of terminal acetylenes is 2. The third-order valence-corrected chi connectivity index (χ3v) is 9.86. The van der Waals surface area contributed by atoms with Crippen LogP contribution in [0.3, 0.4) is 0 Å². The average Bonchev–Trinajstić information content (AvgIpc) is 3.72. The topological polar surface area (TPSA) is 105 Å². The van der Waals surface area contributed by atoms with Crippen LogP contribution in [0.15, 0.2) is 133 Å². The van der Waals surface area contributed by atoms with Crippen LogP contribution in [-0.4, -0.2) is 79.9 Å². The zero-order valence-electron chi connectivity index (χ0n) is 38.1. The fraction of sp³-hybridized carbons (Fsp3) is 0.259. The highest BCUT2D eigenvalue weighted by Crippen LogP contribution is 2.44. The summed E-state index contributed by atoms with van der Waals surface area (Å²) in [6.07, 6.45) is 10.0. The fourth-order valence-corrected chi connectivity index (χ4v) is 6.86. The zero-order valence-corrected chi connectivity index (χ0v) is 38.1. The molecule has 66 heavy (non-hydrogen) atoms. The Morgan fingerprint density at radius 2 is 0.848 bits per heavy atom. The summed E-state index contributed by atoms with van der Waals surface area (Å²) in [6, 6.07) is 44.6. The van der Waals surface area contributed by atoms with Crippen molar-refractivity contribution in [1.82, 2.24) is 0 Å². The molecule has 0 saturated carbocycles. The molecular formula is C54H52B4O8. The van der Waals surface area contributed by atoms with Gasteiger partial charge in [0.1, 0.15) is 0 Å². The first-order valence-electron chi connectivity index (χ1n) is 21.6. The highest BCUT2D eigenvalue weighted by atomic mass is 16.6. The molecule has 0 N–H and O–H groups in total. The van der Waals surface area contributed by atoms with Crippen molar-refractivity contribution in [2.45, 2.75) is 53.4 Å². The first kappa shape index (κ1) is 53.3. The van der Waals surface area contributed by atoms with E-state index in [4.69, 9.17) is 31.8 Å². The van der Waals surface area contributed by atoms with Crippen molar-refractivity contribution >= 4 is 53.5 Å². The molecule has 0 aromatic heterocycles. The molecule has 1 aliphatic rings. The Labute approximate surface area is 395 Å². The second-order valence-corrected chi connectivity index (χ2v) is 14.6. The van der Waals surface area contributed by atoms with Gasteiger partial charge in [-0.05, 0) is 98.2 Å². The maximum absolute atomic E-state index is 12.9. The average molecular weight is 872 g/mol. The summed E-state index contributed by atoms with van der Waals surface area (Å²) in [6.45, 7) is 7.52. The smallest absolute Gasteiger partial charge is 0.325 e. The van der Waals surface area contributed by atoms with E-state index in [1.54, 1.807) is 27.7 Å². The van der Waals surface area contributed by atoms with Crippen LogP contribution in [-0.2, 0) is 51.0 Å².